The molecule has 0 amide bonds. The van der Waals surface area contributed by atoms with Gasteiger partial charge >= 0.3 is 7.12 Å². The zero-order chi connectivity index (χ0) is 21.5. The lowest BCUT2D eigenvalue weighted by atomic mass is 9.79. The highest BCUT2D eigenvalue weighted by Crippen LogP contribution is 2.24. The molecule has 0 aliphatic rings. The van der Waals surface area contributed by atoms with Gasteiger partial charge in [-0.2, -0.15) is 5.10 Å². The van der Waals surface area contributed by atoms with Crippen molar-refractivity contribution in [3.8, 4) is 17.0 Å². The maximum absolute atomic E-state index is 9.75. The van der Waals surface area contributed by atoms with Gasteiger partial charge in [-0.1, -0.05) is 60.7 Å². The van der Waals surface area contributed by atoms with Gasteiger partial charge in [0.1, 0.15) is 12.4 Å². The Balaban J connectivity index is 1.42. The minimum atomic E-state index is -1.65. The van der Waals surface area contributed by atoms with Crippen molar-refractivity contribution in [2.24, 2.45) is 5.10 Å². The highest BCUT2D eigenvalue weighted by Gasteiger charge is 2.18. The van der Waals surface area contributed by atoms with E-state index in [4.69, 9.17) is 4.74 Å². The third kappa shape index (κ3) is 5.58. The molecule has 1 heterocycles. The lowest BCUT2D eigenvalue weighted by molar-refractivity contribution is 0.306. The van der Waals surface area contributed by atoms with Crippen molar-refractivity contribution in [1.82, 2.24) is 4.98 Å². The van der Waals surface area contributed by atoms with Crippen LogP contribution in [0.15, 0.2) is 89.3 Å². The standard InChI is InChI=1S/C23H20BN3O3S/c28-24(29)20-13-18(11-12-22(20)30-15-17-7-3-1-4-8-17)14-25-27-23-26-21(16-31-23)19-9-5-2-6-10-19/h1-14,16,28-29H,15H2,(H,26,27). The summed E-state index contributed by atoms with van der Waals surface area (Å²) in [6.45, 7) is 0.337. The topological polar surface area (TPSA) is 87.0 Å². The molecule has 31 heavy (non-hydrogen) atoms. The number of nitrogens with zero attached hydrogens (tertiary/aromatic N) is 2. The van der Waals surface area contributed by atoms with Crippen molar-refractivity contribution in [2.45, 2.75) is 6.61 Å². The fourth-order valence-electron chi connectivity index (χ4n) is 2.94. The van der Waals surface area contributed by atoms with Crippen LogP contribution in [0, 0.1) is 0 Å². The van der Waals surface area contributed by atoms with E-state index in [1.165, 1.54) is 11.3 Å². The van der Waals surface area contributed by atoms with Gasteiger partial charge in [0.15, 0.2) is 0 Å². The minimum Gasteiger partial charge on any atom is -0.489 e. The number of aromatic nitrogens is 1. The average Bonchev–Trinajstić information content (AvgIpc) is 3.28. The molecule has 4 rings (SSSR count). The number of anilines is 1. The first-order valence-corrected chi connectivity index (χ1v) is 10.5. The quantitative estimate of drug-likeness (QED) is 0.227. The van der Waals surface area contributed by atoms with Gasteiger partial charge in [-0.15, -0.1) is 11.3 Å². The summed E-state index contributed by atoms with van der Waals surface area (Å²) >= 11 is 1.46. The lowest BCUT2D eigenvalue weighted by Crippen LogP contribution is -2.31. The molecule has 6 nitrogen and oxygen atoms in total. The van der Waals surface area contributed by atoms with Gasteiger partial charge in [0.05, 0.1) is 11.9 Å². The first-order valence-electron chi connectivity index (χ1n) is 9.66. The average molecular weight is 429 g/mol. The van der Waals surface area contributed by atoms with E-state index in [1.54, 1.807) is 24.4 Å². The number of thiazole rings is 1. The predicted molar refractivity (Wildman–Crippen MR) is 126 cm³/mol. The SMILES string of the molecule is OB(O)c1cc(C=NNc2nc(-c3ccccc3)cs2)ccc1OCc1ccccc1. The molecular weight excluding hydrogens is 409 g/mol. The molecule has 0 bridgehead atoms. The summed E-state index contributed by atoms with van der Waals surface area (Å²) in [5.74, 6) is 0.413. The Morgan fingerprint density at radius 3 is 2.48 bits per heavy atom. The van der Waals surface area contributed by atoms with Gasteiger partial charge in [-0.05, 0) is 29.3 Å². The van der Waals surface area contributed by atoms with E-state index in [-0.39, 0.29) is 5.46 Å². The van der Waals surface area contributed by atoms with E-state index in [0.717, 1.165) is 16.8 Å². The summed E-state index contributed by atoms with van der Waals surface area (Å²) in [6, 6.07) is 24.7. The molecule has 0 aliphatic heterocycles. The lowest BCUT2D eigenvalue weighted by Gasteiger charge is -2.12. The Morgan fingerprint density at radius 2 is 1.74 bits per heavy atom. The Bertz CT molecular complexity index is 1150. The van der Waals surface area contributed by atoms with Crippen LogP contribution in [0.2, 0.25) is 0 Å². The van der Waals surface area contributed by atoms with Crippen LogP contribution >= 0.6 is 11.3 Å². The van der Waals surface area contributed by atoms with Crippen molar-refractivity contribution in [3.05, 3.63) is 95.4 Å². The van der Waals surface area contributed by atoms with Gasteiger partial charge in [0.2, 0.25) is 5.13 Å². The van der Waals surface area contributed by atoms with Crippen molar-refractivity contribution < 1.29 is 14.8 Å². The van der Waals surface area contributed by atoms with E-state index in [0.29, 0.717) is 23.1 Å². The summed E-state index contributed by atoms with van der Waals surface area (Å²) < 4.78 is 5.77. The van der Waals surface area contributed by atoms with Crippen LogP contribution in [0.1, 0.15) is 11.1 Å². The van der Waals surface area contributed by atoms with Crippen LogP contribution in [0.5, 0.6) is 5.75 Å². The van der Waals surface area contributed by atoms with Gasteiger partial charge in [0, 0.05) is 16.4 Å². The van der Waals surface area contributed by atoms with Crippen LogP contribution in [0.25, 0.3) is 11.3 Å². The summed E-state index contributed by atoms with van der Waals surface area (Å²) in [6.07, 6.45) is 1.59. The zero-order valence-electron chi connectivity index (χ0n) is 16.6. The number of hydrogen-bond donors (Lipinski definition) is 3. The first-order chi connectivity index (χ1) is 15.2. The molecule has 4 aromatic rings. The first kappa shape index (κ1) is 20.8. The molecule has 0 unspecified atom stereocenters. The highest BCUT2D eigenvalue weighted by molar-refractivity contribution is 7.14. The predicted octanol–water partition coefficient (Wildman–Crippen LogP) is 3.51. The Kier molecular flexibility index (Phi) is 6.73. The van der Waals surface area contributed by atoms with Gasteiger partial charge < -0.3 is 14.8 Å². The number of benzene rings is 3. The Labute approximate surface area is 184 Å². The second-order valence-electron chi connectivity index (χ2n) is 6.72. The number of ether oxygens (including phenoxy) is 1. The molecule has 0 atom stereocenters. The maximum Gasteiger partial charge on any atom is 0.492 e. The maximum atomic E-state index is 9.75. The molecule has 0 radical (unpaired) electrons. The van der Waals surface area contributed by atoms with Crippen LogP contribution in [-0.2, 0) is 6.61 Å². The molecule has 0 saturated heterocycles. The van der Waals surface area contributed by atoms with Crippen LogP contribution in [0.3, 0.4) is 0 Å². The van der Waals surface area contributed by atoms with Crippen LogP contribution in [-0.4, -0.2) is 28.4 Å². The van der Waals surface area contributed by atoms with E-state index in [9.17, 15) is 10.0 Å². The molecule has 0 spiro atoms. The van der Waals surface area contributed by atoms with Gasteiger partial charge in [-0.3, -0.25) is 5.43 Å². The molecule has 1 aromatic heterocycles. The molecule has 0 aliphatic carbocycles. The molecule has 3 aromatic carbocycles. The smallest absolute Gasteiger partial charge is 0.489 e. The summed E-state index contributed by atoms with van der Waals surface area (Å²) in [4.78, 5) is 4.52. The van der Waals surface area contributed by atoms with Crippen molar-refractivity contribution in [2.75, 3.05) is 5.43 Å². The molecule has 3 N–H and O–H groups in total. The fourth-order valence-corrected chi connectivity index (χ4v) is 3.61. The minimum absolute atomic E-state index is 0.278. The number of hydrogen-bond acceptors (Lipinski definition) is 7. The summed E-state index contributed by atoms with van der Waals surface area (Å²) in [5, 5.41) is 26.3. The molecular formula is C23H20BN3O3S. The monoisotopic (exact) mass is 429 g/mol. The number of hydrazone groups is 1. The summed E-state index contributed by atoms with van der Waals surface area (Å²) in [7, 11) is -1.65. The van der Waals surface area contributed by atoms with Crippen molar-refractivity contribution in [3.63, 3.8) is 0 Å². The molecule has 8 heteroatoms. The van der Waals surface area contributed by atoms with Crippen LogP contribution < -0.4 is 15.6 Å². The second kappa shape index (κ2) is 10.0. The summed E-state index contributed by atoms with van der Waals surface area (Å²) in [5.41, 5.74) is 6.81. The number of rotatable bonds is 8. The number of nitrogens with one attached hydrogen (secondary N) is 1. The van der Waals surface area contributed by atoms with Gasteiger partial charge in [0.25, 0.3) is 0 Å². The third-order valence-corrected chi connectivity index (χ3v) is 5.24. The highest BCUT2D eigenvalue weighted by atomic mass is 32.1. The normalized spacial score (nSPS) is 10.9. The second-order valence-corrected chi connectivity index (χ2v) is 7.58. The van der Waals surface area contributed by atoms with Crippen molar-refractivity contribution >= 4 is 35.3 Å². The zero-order valence-corrected chi connectivity index (χ0v) is 17.4. The van der Waals surface area contributed by atoms with E-state index in [1.807, 2.05) is 66.0 Å². The van der Waals surface area contributed by atoms with Crippen molar-refractivity contribution in [1.29, 1.82) is 0 Å². The fraction of sp³-hybridized carbons (Fsp3) is 0.0435. The van der Waals surface area contributed by atoms with E-state index < -0.39 is 7.12 Å². The van der Waals surface area contributed by atoms with E-state index >= 15 is 0 Å². The molecule has 0 saturated carbocycles. The molecule has 0 fully saturated rings. The largest absolute Gasteiger partial charge is 0.492 e. The Morgan fingerprint density at radius 1 is 1.00 bits per heavy atom. The third-order valence-electron chi connectivity index (χ3n) is 4.50. The van der Waals surface area contributed by atoms with Crippen LogP contribution in [0.4, 0.5) is 5.13 Å². The van der Waals surface area contributed by atoms with Gasteiger partial charge in [-0.25, -0.2) is 4.98 Å². The van der Waals surface area contributed by atoms with E-state index in [2.05, 4.69) is 15.5 Å². The Hall–Kier alpha value is -3.46. The molecule has 154 valence electrons.